The highest BCUT2D eigenvalue weighted by Crippen LogP contribution is 2.21. The lowest BCUT2D eigenvalue weighted by Crippen LogP contribution is -2.86. The molecule has 0 aliphatic rings. The van der Waals surface area contributed by atoms with Crippen molar-refractivity contribution in [1.82, 2.24) is 0 Å². The summed E-state index contributed by atoms with van der Waals surface area (Å²) in [5.74, 6) is 1.99. The Labute approximate surface area is 96.3 Å². The van der Waals surface area contributed by atoms with Crippen molar-refractivity contribution >= 4 is 0 Å². The number of benzene rings is 1. The van der Waals surface area contributed by atoms with Crippen molar-refractivity contribution in [3.05, 3.63) is 48.2 Å². The molecule has 1 aromatic heterocycles. The van der Waals surface area contributed by atoms with E-state index in [1.54, 1.807) is 0 Å². The molecule has 2 rings (SSSR count). The summed E-state index contributed by atoms with van der Waals surface area (Å²) in [6.07, 6.45) is 0. The van der Waals surface area contributed by atoms with Crippen LogP contribution in [0.15, 0.2) is 46.9 Å². The van der Waals surface area contributed by atoms with Gasteiger partial charge < -0.3 is 9.73 Å². The molecule has 0 aliphatic carbocycles. The Bertz CT molecular complexity index is 431. The van der Waals surface area contributed by atoms with Crippen LogP contribution < -0.4 is 5.32 Å². The highest BCUT2D eigenvalue weighted by Gasteiger charge is 2.06. The summed E-state index contributed by atoms with van der Waals surface area (Å²) in [7, 11) is 0. The molecule has 0 saturated carbocycles. The van der Waals surface area contributed by atoms with E-state index in [-0.39, 0.29) is 0 Å². The fourth-order valence-corrected chi connectivity index (χ4v) is 1.60. The first-order valence-electron chi connectivity index (χ1n) is 5.73. The molecule has 2 N–H and O–H groups in total. The summed E-state index contributed by atoms with van der Waals surface area (Å²) >= 11 is 0. The van der Waals surface area contributed by atoms with Crippen molar-refractivity contribution in [2.24, 2.45) is 0 Å². The zero-order valence-corrected chi connectivity index (χ0v) is 9.81. The Morgan fingerprint density at radius 1 is 1.06 bits per heavy atom. The predicted molar refractivity (Wildman–Crippen MR) is 64.9 cm³/mol. The van der Waals surface area contributed by atoms with Crippen molar-refractivity contribution in [2.75, 3.05) is 0 Å². The molecule has 0 atom stereocenters. The second-order valence-electron chi connectivity index (χ2n) is 4.32. The van der Waals surface area contributed by atoms with Crippen LogP contribution in [0.4, 0.5) is 0 Å². The van der Waals surface area contributed by atoms with Crippen LogP contribution in [0.5, 0.6) is 0 Å². The zero-order chi connectivity index (χ0) is 11.4. The van der Waals surface area contributed by atoms with Gasteiger partial charge in [0.2, 0.25) is 0 Å². The van der Waals surface area contributed by atoms with Gasteiger partial charge in [-0.05, 0) is 26.0 Å². The van der Waals surface area contributed by atoms with Gasteiger partial charge in [0.1, 0.15) is 12.3 Å². The second-order valence-corrected chi connectivity index (χ2v) is 4.32. The van der Waals surface area contributed by atoms with Gasteiger partial charge in [0.25, 0.3) is 0 Å². The molecule has 84 valence electrons. The Morgan fingerprint density at radius 2 is 1.81 bits per heavy atom. The average Bonchev–Trinajstić information content (AvgIpc) is 2.76. The second kappa shape index (κ2) is 4.99. The summed E-state index contributed by atoms with van der Waals surface area (Å²) in [5.41, 5.74) is 1.14. The number of hydrogen-bond donors (Lipinski definition) is 1. The number of nitrogens with two attached hydrogens (primary N) is 1. The van der Waals surface area contributed by atoms with Gasteiger partial charge in [0.05, 0.1) is 6.04 Å². The van der Waals surface area contributed by atoms with Crippen molar-refractivity contribution in [3.8, 4) is 11.3 Å². The zero-order valence-electron chi connectivity index (χ0n) is 9.81. The van der Waals surface area contributed by atoms with Gasteiger partial charge >= 0.3 is 0 Å². The highest BCUT2D eigenvalue weighted by molar-refractivity contribution is 5.57. The monoisotopic (exact) mass is 216 g/mol. The lowest BCUT2D eigenvalue weighted by molar-refractivity contribution is -0.699. The molecule has 2 heteroatoms. The van der Waals surface area contributed by atoms with Crippen molar-refractivity contribution in [2.45, 2.75) is 26.4 Å². The van der Waals surface area contributed by atoms with Crippen LogP contribution in [-0.4, -0.2) is 6.04 Å². The van der Waals surface area contributed by atoms with Gasteiger partial charge in [-0.15, -0.1) is 0 Å². The van der Waals surface area contributed by atoms with Gasteiger partial charge in [-0.2, -0.15) is 0 Å². The van der Waals surface area contributed by atoms with Gasteiger partial charge in [-0.1, -0.05) is 30.3 Å². The van der Waals surface area contributed by atoms with E-state index in [1.165, 1.54) is 0 Å². The van der Waals surface area contributed by atoms with E-state index in [4.69, 9.17) is 4.42 Å². The molecular weight excluding hydrogens is 198 g/mol. The summed E-state index contributed by atoms with van der Waals surface area (Å²) in [6, 6.07) is 14.9. The molecule has 0 unspecified atom stereocenters. The quantitative estimate of drug-likeness (QED) is 0.835. The fourth-order valence-electron chi connectivity index (χ4n) is 1.60. The van der Waals surface area contributed by atoms with Crippen molar-refractivity contribution in [3.63, 3.8) is 0 Å². The van der Waals surface area contributed by atoms with E-state index >= 15 is 0 Å². The van der Waals surface area contributed by atoms with Crippen molar-refractivity contribution < 1.29 is 9.73 Å². The summed E-state index contributed by atoms with van der Waals surface area (Å²) in [5, 5.41) is 2.26. The third-order valence-electron chi connectivity index (χ3n) is 2.51. The molecule has 0 fully saturated rings. The topological polar surface area (TPSA) is 29.8 Å². The Kier molecular flexibility index (Phi) is 3.42. The smallest absolute Gasteiger partial charge is 0.158 e. The minimum absolute atomic E-state index is 0.602. The molecule has 0 bridgehead atoms. The van der Waals surface area contributed by atoms with Crippen LogP contribution >= 0.6 is 0 Å². The molecule has 0 radical (unpaired) electrons. The summed E-state index contributed by atoms with van der Waals surface area (Å²) in [4.78, 5) is 0. The van der Waals surface area contributed by atoms with E-state index in [0.717, 1.165) is 23.6 Å². The van der Waals surface area contributed by atoms with Crippen LogP contribution in [0, 0.1) is 0 Å². The van der Waals surface area contributed by atoms with E-state index < -0.39 is 0 Å². The van der Waals surface area contributed by atoms with E-state index in [9.17, 15) is 0 Å². The number of hydrogen-bond acceptors (Lipinski definition) is 1. The molecule has 0 spiro atoms. The number of quaternary nitrogens is 1. The van der Waals surface area contributed by atoms with Crippen LogP contribution in [-0.2, 0) is 6.54 Å². The molecule has 1 aromatic carbocycles. The SMILES string of the molecule is CC(C)[NH2+]Cc1ccc(-c2ccccc2)o1. The molecule has 0 amide bonds. The first-order valence-corrected chi connectivity index (χ1v) is 5.73. The summed E-state index contributed by atoms with van der Waals surface area (Å²) < 4.78 is 5.79. The third-order valence-corrected chi connectivity index (χ3v) is 2.51. The minimum Gasteiger partial charge on any atom is -0.455 e. The van der Waals surface area contributed by atoms with Gasteiger partial charge in [0.15, 0.2) is 5.76 Å². The molecular formula is C14H18NO+. The molecule has 2 nitrogen and oxygen atoms in total. The highest BCUT2D eigenvalue weighted by atomic mass is 16.3. The maximum atomic E-state index is 5.79. The van der Waals surface area contributed by atoms with Crippen LogP contribution in [0.2, 0.25) is 0 Å². The first-order chi connectivity index (χ1) is 7.75. The Morgan fingerprint density at radius 3 is 2.50 bits per heavy atom. The Hall–Kier alpha value is -1.54. The normalized spacial score (nSPS) is 10.9. The van der Waals surface area contributed by atoms with E-state index in [0.29, 0.717) is 6.04 Å². The summed E-state index contributed by atoms with van der Waals surface area (Å²) in [6.45, 7) is 5.27. The first kappa shape index (κ1) is 11.0. The van der Waals surface area contributed by atoms with Crippen LogP contribution in [0.25, 0.3) is 11.3 Å². The van der Waals surface area contributed by atoms with E-state index in [1.807, 2.05) is 24.3 Å². The largest absolute Gasteiger partial charge is 0.455 e. The predicted octanol–water partition coefficient (Wildman–Crippen LogP) is 2.42. The minimum atomic E-state index is 0.602. The maximum absolute atomic E-state index is 5.79. The number of rotatable bonds is 4. The van der Waals surface area contributed by atoms with Gasteiger partial charge in [-0.25, -0.2) is 0 Å². The van der Waals surface area contributed by atoms with E-state index in [2.05, 4.69) is 37.4 Å². The standard InChI is InChI=1S/C14H17NO/c1-11(2)15-10-13-8-9-14(16-13)12-6-4-3-5-7-12/h3-9,11,15H,10H2,1-2H3/p+1. The van der Waals surface area contributed by atoms with Crippen LogP contribution in [0.1, 0.15) is 19.6 Å². The lowest BCUT2D eigenvalue weighted by Gasteiger charge is -2.01. The van der Waals surface area contributed by atoms with Crippen LogP contribution in [0.3, 0.4) is 0 Å². The molecule has 0 saturated heterocycles. The molecule has 16 heavy (non-hydrogen) atoms. The number of furan rings is 1. The van der Waals surface area contributed by atoms with Crippen molar-refractivity contribution in [1.29, 1.82) is 0 Å². The van der Waals surface area contributed by atoms with Gasteiger partial charge in [0, 0.05) is 5.56 Å². The maximum Gasteiger partial charge on any atom is 0.158 e. The average molecular weight is 216 g/mol. The van der Waals surface area contributed by atoms with Gasteiger partial charge in [-0.3, -0.25) is 0 Å². The lowest BCUT2D eigenvalue weighted by atomic mass is 10.2. The Balaban J connectivity index is 2.08. The molecule has 1 heterocycles. The molecule has 2 aromatic rings. The fraction of sp³-hybridized carbons (Fsp3) is 0.286. The third kappa shape index (κ3) is 2.74. The molecule has 0 aliphatic heterocycles.